The molecule has 1 aromatic heterocycles. The van der Waals surface area contributed by atoms with E-state index in [1.165, 1.54) is 17.7 Å². The van der Waals surface area contributed by atoms with Crippen LogP contribution in [-0.4, -0.2) is 30.2 Å². The first-order chi connectivity index (χ1) is 7.65. The maximum absolute atomic E-state index is 11.2. The third kappa shape index (κ3) is 2.98. The van der Waals surface area contributed by atoms with Gasteiger partial charge in [0, 0.05) is 26.6 Å². The molecule has 5 nitrogen and oxygen atoms in total. The summed E-state index contributed by atoms with van der Waals surface area (Å²) in [4.78, 5) is 12.6. The first-order valence-corrected chi connectivity index (χ1v) is 5.50. The second-order valence-corrected chi connectivity index (χ2v) is 4.38. The Morgan fingerprint density at radius 1 is 1.62 bits per heavy atom. The summed E-state index contributed by atoms with van der Waals surface area (Å²) in [6, 6.07) is 1.68. The van der Waals surface area contributed by atoms with Gasteiger partial charge in [-0.15, -0.1) is 0 Å². The molecule has 16 heavy (non-hydrogen) atoms. The van der Waals surface area contributed by atoms with Crippen molar-refractivity contribution >= 4 is 6.09 Å². The summed E-state index contributed by atoms with van der Waals surface area (Å²) in [7, 11) is 3.24. The third-order valence-corrected chi connectivity index (χ3v) is 2.59. The molecule has 1 aliphatic carbocycles. The number of hydrogen-bond acceptors (Lipinski definition) is 4. The van der Waals surface area contributed by atoms with Crippen molar-refractivity contribution in [3.8, 4) is 5.88 Å². The van der Waals surface area contributed by atoms with E-state index in [1.807, 2.05) is 0 Å². The van der Waals surface area contributed by atoms with Gasteiger partial charge < -0.3 is 14.2 Å². The normalized spacial score (nSPS) is 14.9. The van der Waals surface area contributed by atoms with E-state index in [9.17, 15) is 4.79 Å². The van der Waals surface area contributed by atoms with Gasteiger partial charge in [0.15, 0.2) is 0 Å². The van der Waals surface area contributed by atoms with Gasteiger partial charge in [0.2, 0.25) is 0 Å². The van der Waals surface area contributed by atoms with Crippen molar-refractivity contribution in [1.29, 1.82) is 0 Å². The molecule has 5 heteroatoms. The second kappa shape index (κ2) is 4.55. The summed E-state index contributed by atoms with van der Waals surface area (Å²) < 4.78 is 10.0. The minimum absolute atomic E-state index is 0.240. The van der Waals surface area contributed by atoms with Crippen LogP contribution >= 0.6 is 0 Å². The second-order valence-electron chi connectivity index (χ2n) is 4.38. The average Bonchev–Trinajstić information content (AvgIpc) is 2.97. The maximum Gasteiger partial charge on any atom is 0.416 e. The van der Waals surface area contributed by atoms with E-state index in [4.69, 9.17) is 9.26 Å². The van der Waals surface area contributed by atoms with Crippen LogP contribution in [-0.2, 0) is 6.42 Å². The Labute approximate surface area is 94.3 Å². The number of ether oxygens (including phenoxy) is 1. The van der Waals surface area contributed by atoms with Crippen molar-refractivity contribution in [2.45, 2.75) is 25.7 Å². The molecule has 0 atom stereocenters. The molecular weight excluding hydrogens is 208 g/mol. The lowest BCUT2D eigenvalue weighted by atomic mass is 10.2. The van der Waals surface area contributed by atoms with Gasteiger partial charge >= 0.3 is 6.09 Å². The molecule has 0 aromatic carbocycles. The van der Waals surface area contributed by atoms with Gasteiger partial charge in [-0.25, -0.2) is 4.79 Å². The van der Waals surface area contributed by atoms with Crippen LogP contribution in [0.25, 0.3) is 0 Å². The number of amides is 1. The Hall–Kier alpha value is -1.52. The van der Waals surface area contributed by atoms with E-state index < -0.39 is 6.09 Å². The fourth-order valence-corrected chi connectivity index (χ4v) is 1.39. The summed E-state index contributed by atoms with van der Waals surface area (Å²) in [5, 5.41) is 3.69. The van der Waals surface area contributed by atoms with Crippen molar-refractivity contribution in [1.82, 2.24) is 10.1 Å². The lowest BCUT2D eigenvalue weighted by molar-refractivity contribution is 0.167. The molecule has 0 saturated heterocycles. The average molecular weight is 224 g/mol. The van der Waals surface area contributed by atoms with Crippen LogP contribution in [0.1, 0.15) is 25.0 Å². The highest BCUT2D eigenvalue weighted by molar-refractivity contribution is 5.69. The number of carbonyl (C=O) groups excluding carboxylic acids is 1. The Bertz CT molecular complexity index is 369. The molecular formula is C11H16N2O3. The van der Waals surface area contributed by atoms with E-state index >= 15 is 0 Å². The largest absolute Gasteiger partial charge is 0.416 e. The number of nitrogens with zero attached hydrogens (tertiary/aromatic N) is 2. The SMILES string of the molecule is CN(C)C(=O)Oc1cc(CCC2CC2)on1. The molecule has 1 saturated carbocycles. The first kappa shape index (κ1) is 11.0. The Morgan fingerprint density at radius 2 is 2.38 bits per heavy atom. The van der Waals surface area contributed by atoms with Gasteiger partial charge in [0.25, 0.3) is 5.88 Å². The van der Waals surface area contributed by atoms with Crippen molar-refractivity contribution in [3.05, 3.63) is 11.8 Å². The van der Waals surface area contributed by atoms with Crippen LogP contribution in [0.3, 0.4) is 0 Å². The van der Waals surface area contributed by atoms with Gasteiger partial charge in [-0.2, -0.15) is 0 Å². The molecule has 0 N–H and O–H groups in total. The summed E-state index contributed by atoms with van der Waals surface area (Å²) >= 11 is 0. The molecule has 2 rings (SSSR count). The van der Waals surface area contributed by atoms with Gasteiger partial charge in [0.05, 0.1) is 0 Å². The molecule has 1 aliphatic rings. The summed E-state index contributed by atoms with van der Waals surface area (Å²) in [6.45, 7) is 0. The quantitative estimate of drug-likeness (QED) is 0.785. The van der Waals surface area contributed by atoms with E-state index in [0.29, 0.717) is 0 Å². The minimum Gasteiger partial charge on any atom is -0.388 e. The molecule has 0 unspecified atom stereocenters. The molecule has 0 aliphatic heterocycles. The van der Waals surface area contributed by atoms with E-state index in [2.05, 4.69) is 5.16 Å². The number of aryl methyl sites for hydroxylation is 1. The zero-order valence-electron chi connectivity index (χ0n) is 9.60. The molecule has 1 fully saturated rings. The monoisotopic (exact) mass is 224 g/mol. The number of rotatable bonds is 4. The van der Waals surface area contributed by atoms with Crippen LogP contribution in [0.2, 0.25) is 0 Å². The molecule has 1 amide bonds. The summed E-state index contributed by atoms with van der Waals surface area (Å²) in [5.41, 5.74) is 0. The number of aromatic nitrogens is 1. The standard InChI is InChI=1S/C11H16N2O3/c1-13(2)11(14)15-10-7-9(16-12-10)6-5-8-3-4-8/h7-8H,3-6H2,1-2H3. The zero-order valence-corrected chi connectivity index (χ0v) is 9.60. The highest BCUT2D eigenvalue weighted by atomic mass is 16.6. The van der Waals surface area contributed by atoms with Crippen LogP contribution < -0.4 is 4.74 Å². The third-order valence-electron chi connectivity index (χ3n) is 2.59. The molecule has 88 valence electrons. The van der Waals surface area contributed by atoms with Crippen molar-refractivity contribution in [3.63, 3.8) is 0 Å². The van der Waals surface area contributed by atoms with Crippen molar-refractivity contribution < 1.29 is 14.1 Å². The fourth-order valence-electron chi connectivity index (χ4n) is 1.39. The first-order valence-electron chi connectivity index (χ1n) is 5.50. The van der Waals surface area contributed by atoms with Crippen LogP contribution in [0.15, 0.2) is 10.6 Å². The topological polar surface area (TPSA) is 55.6 Å². The van der Waals surface area contributed by atoms with E-state index in [-0.39, 0.29) is 5.88 Å². The smallest absolute Gasteiger partial charge is 0.388 e. The molecule has 0 radical (unpaired) electrons. The van der Waals surface area contributed by atoms with Crippen LogP contribution in [0, 0.1) is 5.92 Å². The Morgan fingerprint density at radius 3 is 3.00 bits per heavy atom. The lowest BCUT2D eigenvalue weighted by Crippen LogP contribution is -2.25. The van der Waals surface area contributed by atoms with Gasteiger partial charge in [-0.3, -0.25) is 0 Å². The fraction of sp³-hybridized carbons (Fsp3) is 0.636. The van der Waals surface area contributed by atoms with Gasteiger partial charge in [-0.1, -0.05) is 12.8 Å². The highest BCUT2D eigenvalue weighted by Gasteiger charge is 2.21. The van der Waals surface area contributed by atoms with E-state index in [1.54, 1.807) is 20.2 Å². The molecule has 0 bridgehead atoms. The Balaban J connectivity index is 1.83. The van der Waals surface area contributed by atoms with Gasteiger partial charge in [0.1, 0.15) is 5.76 Å². The highest BCUT2D eigenvalue weighted by Crippen LogP contribution is 2.33. The predicted octanol–water partition coefficient (Wildman–Crippen LogP) is 2.08. The Kier molecular flexibility index (Phi) is 3.12. The molecule has 0 spiro atoms. The molecule has 1 heterocycles. The zero-order chi connectivity index (χ0) is 11.5. The lowest BCUT2D eigenvalue weighted by Gasteiger charge is -2.07. The van der Waals surface area contributed by atoms with Crippen molar-refractivity contribution in [2.75, 3.05) is 14.1 Å². The van der Waals surface area contributed by atoms with E-state index in [0.717, 1.165) is 24.5 Å². The predicted molar refractivity (Wildman–Crippen MR) is 57.3 cm³/mol. The molecule has 1 aromatic rings. The summed E-state index contributed by atoms with van der Waals surface area (Å²) in [5.74, 6) is 1.89. The maximum atomic E-state index is 11.2. The van der Waals surface area contributed by atoms with Crippen molar-refractivity contribution in [2.24, 2.45) is 5.92 Å². The van der Waals surface area contributed by atoms with Crippen LogP contribution in [0.4, 0.5) is 4.79 Å². The number of carbonyl (C=O) groups is 1. The van der Waals surface area contributed by atoms with Crippen LogP contribution in [0.5, 0.6) is 5.88 Å². The van der Waals surface area contributed by atoms with Gasteiger partial charge in [-0.05, 0) is 17.5 Å². The number of hydrogen-bond donors (Lipinski definition) is 0. The minimum atomic E-state index is -0.443. The summed E-state index contributed by atoms with van der Waals surface area (Å²) in [6.07, 6.45) is 4.22.